The fourth-order valence-electron chi connectivity index (χ4n) is 3.09. The number of amides is 2. The van der Waals surface area contributed by atoms with Crippen LogP contribution in [0.2, 0.25) is 0 Å². The van der Waals surface area contributed by atoms with E-state index in [0.717, 1.165) is 16.9 Å². The summed E-state index contributed by atoms with van der Waals surface area (Å²) in [5, 5.41) is 11.8. The minimum atomic E-state index is -0.600. The average Bonchev–Trinajstić information content (AvgIpc) is 2.63. The van der Waals surface area contributed by atoms with E-state index in [2.05, 4.69) is 10.2 Å². The molecule has 1 aromatic rings. The Labute approximate surface area is 154 Å². The zero-order valence-electron chi connectivity index (χ0n) is 15.8. The Hall–Kier alpha value is -2.12. The predicted octanol–water partition coefficient (Wildman–Crippen LogP) is 0.707. The number of hydrogen-bond acceptors (Lipinski definition) is 5. The number of carbonyl (C=O) groups excluding carboxylic acids is 2. The normalized spacial score (nSPS) is 16.2. The van der Waals surface area contributed by atoms with E-state index in [-0.39, 0.29) is 12.6 Å². The summed E-state index contributed by atoms with van der Waals surface area (Å²) in [6.45, 7) is 9.30. The van der Waals surface area contributed by atoms with Crippen molar-refractivity contribution in [2.75, 3.05) is 45.9 Å². The molecular formula is C19H29N3O4. The highest BCUT2D eigenvalue weighted by atomic mass is 16.5. The summed E-state index contributed by atoms with van der Waals surface area (Å²) in [6.07, 6.45) is 0. The number of carbonyl (C=O) groups is 2. The molecule has 1 aliphatic rings. The smallest absolute Gasteiger partial charge is 0.311 e. The van der Waals surface area contributed by atoms with Crippen molar-refractivity contribution in [2.45, 2.75) is 26.8 Å². The topological polar surface area (TPSA) is 82.1 Å². The summed E-state index contributed by atoms with van der Waals surface area (Å²) in [7, 11) is 0. The van der Waals surface area contributed by atoms with Crippen LogP contribution in [-0.4, -0.2) is 72.7 Å². The van der Waals surface area contributed by atoms with Crippen LogP contribution in [0.4, 0.5) is 0 Å². The lowest BCUT2D eigenvalue weighted by atomic mass is 10.0. The number of piperazine rings is 1. The van der Waals surface area contributed by atoms with Gasteiger partial charge in [-0.15, -0.1) is 0 Å². The molecule has 2 N–H and O–H groups in total. The molecule has 0 aliphatic carbocycles. The molecule has 0 aromatic heterocycles. The molecule has 1 unspecified atom stereocenters. The Morgan fingerprint density at radius 1 is 1.27 bits per heavy atom. The Morgan fingerprint density at radius 2 is 1.96 bits per heavy atom. The van der Waals surface area contributed by atoms with Gasteiger partial charge in [0.2, 0.25) is 0 Å². The summed E-state index contributed by atoms with van der Waals surface area (Å²) in [6, 6.07) is 5.48. The molecule has 2 amide bonds. The Morgan fingerprint density at radius 3 is 2.58 bits per heavy atom. The van der Waals surface area contributed by atoms with Gasteiger partial charge in [0.1, 0.15) is 5.75 Å². The van der Waals surface area contributed by atoms with Crippen LogP contribution in [-0.2, 0) is 9.59 Å². The maximum atomic E-state index is 12.4. The van der Waals surface area contributed by atoms with E-state index < -0.39 is 11.8 Å². The molecule has 1 saturated heterocycles. The first-order chi connectivity index (χ1) is 12.5. The molecule has 2 rings (SSSR count). The predicted molar refractivity (Wildman–Crippen MR) is 99.0 cm³/mol. The number of benzene rings is 1. The van der Waals surface area contributed by atoms with Crippen molar-refractivity contribution in [3.05, 3.63) is 29.3 Å². The van der Waals surface area contributed by atoms with Gasteiger partial charge in [-0.3, -0.25) is 14.5 Å². The second kappa shape index (κ2) is 9.54. The van der Waals surface area contributed by atoms with Crippen molar-refractivity contribution in [1.82, 2.24) is 15.1 Å². The standard InChI is InChI=1S/C19H29N3O4/c1-4-26-17-6-5-14(2)13-16(17)15(3)20-18(24)19(25)22-9-7-21(8-10-22)11-12-23/h5-6,13,15,23H,4,7-12H2,1-3H3,(H,20,24). The highest BCUT2D eigenvalue weighted by Gasteiger charge is 2.27. The van der Waals surface area contributed by atoms with E-state index in [1.807, 2.05) is 39.0 Å². The van der Waals surface area contributed by atoms with Crippen LogP contribution in [0.15, 0.2) is 18.2 Å². The fourth-order valence-corrected chi connectivity index (χ4v) is 3.09. The summed E-state index contributed by atoms with van der Waals surface area (Å²) in [5.41, 5.74) is 1.93. The Kier molecular flexibility index (Phi) is 7.41. The van der Waals surface area contributed by atoms with Gasteiger partial charge in [-0.1, -0.05) is 17.7 Å². The van der Waals surface area contributed by atoms with E-state index >= 15 is 0 Å². The summed E-state index contributed by atoms with van der Waals surface area (Å²) in [5.74, 6) is -0.390. The zero-order valence-corrected chi connectivity index (χ0v) is 15.8. The zero-order chi connectivity index (χ0) is 19.1. The van der Waals surface area contributed by atoms with Gasteiger partial charge < -0.3 is 20.1 Å². The van der Waals surface area contributed by atoms with E-state index in [9.17, 15) is 9.59 Å². The number of nitrogens with zero attached hydrogens (tertiary/aromatic N) is 2. The molecule has 7 heteroatoms. The van der Waals surface area contributed by atoms with Crippen molar-refractivity contribution < 1.29 is 19.4 Å². The molecule has 0 saturated carbocycles. The third kappa shape index (κ3) is 5.19. The SMILES string of the molecule is CCOc1ccc(C)cc1C(C)NC(=O)C(=O)N1CCN(CCO)CC1. The molecule has 1 heterocycles. The molecule has 0 radical (unpaired) electrons. The van der Waals surface area contributed by atoms with Crippen LogP contribution in [0.1, 0.15) is 31.0 Å². The lowest BCUT2D eigenvalue weighted by molar-refractivity contribution is -0.147. The number of aliphatic hydroxyl groups excluding tert-OH is 1. The molecule has 0 spiro atoms. The van der Waals surface area contributed by atoms with Crippen molar-refractivity contribution in [3.8, 4) is 5.75 Å². The molecule has 26 heavy (non-hydrogen) atoms. The first-order valence-corrected chi connectivity index (χ1v) is 9.12. The highest BCUT2D eigenvalue weighted by molar-refractivity contribution is 6.35. The maximum Gasteiger partial charge on any atom is 0.311 e. The number of rotatable bonds is 6. The van der Waals surface area contributed by atoms with Gasteiger partial charge >= 0.3 is 11.8 Å². The summed E-state index contributed by atoms with van der Waals surface area (Å²) in [4.78, 5) is 28.5. The number of aliphatic hydroxyl groups is 1. The number of aryl methyl sites for hydroxylation is 1. The van der Waals surface area contributed by atoms with Gasteiger partial charge in [0.25, 0.3) is 0 Å². The van der Waals surface area contributed by atoms with Gasteiger partial charge in [-0.2, -0.15) is 0 Å². The first kappa shape index (κ1) is 20.2. The summed E-state index contributed by atoms with van der Waals surface area (Å²) >= 11 is 0. The van der Waals surface area contributed by atoms with Gasteiger partial charge in [0.05, 0.1) is 19.3 Å². The van der Waals surface area contributed by atoms with Crippen LogP contribution in [0.5, 0.6) is 5.75 Å². The minimum Gasteiger partial charge on any atom is -0.494 e. The molecule has 144 valence electrons. The van der Waals surface area contributed by atoms with Crippen LogP contribution in [0, 0.1) is 6.92 Å². The van der Waals surface area contributed by atoms with Crippen LogP contribution >= 0.6 is 0 Å². The molecule has 7 nitrogen and oxygen atoms in total. The van der Waals surface area contributed by atoms with Gasteiger partial charge in [-0.25, -0.2) is 0 Å². The first-order valence-electron chi connectivity index (χ1n) is 9.12. The molecule has 1 atom stereocenters. The van der Waals surface area contributed by atoms with Crippen LogP contribution in [0.3, 0.4) is 0 Å². The quantitative estimate of drug-likeness (QED) is 0.728. The van der Waals surface area contributed by atoms with Crippen molar-refractivity contribution in [2.24, 2.45) is 0 Å². The van der Waals surface area contributed by atoms with Crippen molar-refractivity contribution in [1.29, 1.82) is 0 Å². The number of β-amino-alcohol motifs (C(OH)–C–C–N with tert-alkyl or cyclic N) is 1. The largest absolute Gasteiger partial charge is 0.494 e. The Balaban J connectivity index is 1.97. The van der Waals surface area contributed by atoms with E-state index in [1.54, 1.807) is 4.90 Å². The third-order valence-electron chi connectivity index (χ3n) is 4.55. The Bertz CT molecular complexity index is 627. The molecule has 0 bridgehead atoms. The molecule has 1 aromatic carbocycles. The maximum absolute atomic E-state index is 12.4. The van der Waals surface area contributed by atoms with Crippen LogP contribution < -0.4 is 10.1 Å². The number of nitrogens with one attached hydrogen (secondary N) is 1. The molecular weight excluding hydrogens is 334 g/mol. The third-order valence-corrected chi connectivity index (χ3v) is 4.55. The average molecular weight is 363 g/mol. The molecule has 1 fully saturated rings. The van der Waals surface area contributed by atoms with Crippen molar-refractivity contribution >= 4 is 11.8 Å². The summed E-state index contributed by atoms with van der Waals surface area (Å²) < 4.78 is 5.63. The van der Waals surface area contributed by atoms with E-state index in [0.29, 0.717) is 39.3 Å². The minimum absolute atomic E-state index is 0.102. The molecule has 1 aliphatic heterocycles. The van der Waals surface area contributed by atoms with Gasteiger partial charge in [-0.05, 0) is 26.8 Å². The monoisotopic (exact) mass is 363 g/mol. The van der Waals surface area contributed by atoms with Gasteiger partial charge in [0.15, 0.2) is 0 Å². The van der Waals surface area contributed by atoms with Crippen LogP contribution in [0.25, 0.3) is 0 Å². The van der Waals surface area contributed by atoms with Gasteiger partial charge in [0, 0.05) is 38.3 Å². The number of hydrogen-bond donors (Lipinski definition) is 2. The second-order valence-electron chi connectivity index (χ2n) is 6.53. The van der Waals surface area contributed by atoms with E-state index in [1.165, 1.54) is 0 Å². The lowest BCUT2D eigenvalue weighted by Crippen LogP contribution is -2.53. The number of ether oxygens (including phenoxy) is 1. The fraction of sp³-hybridized carbons (Fsp3) is 0.579. The second-order valence-corrected chi connectivity index (χ2v) is 6.53. The van der Waals surface area contributed by atoms with Crippen molar-refractivity contribution in [3.63, 3.8) is 0 Å². The highest BCUT2D eigenvalue weighted by Crippen LogP contribution is 2.26. The lowest BCUT2D eigenvalue weighted by Gasteiger charge is -2.34. The van der Waals surface area contributed by atoms with E-state index in [4.69, 9.17) is 9.84 Å².